The number of ether oxygens (including phenoxy) is 1. The van der Waals surface area contributed by atoms with Gasteiger partial charge in [-0.15, -0.1) is 0 Å². The number of nitrogens with zero attached hydrogens (tertiary/aromatic N) is 3. The molecule has 1 fully saturated rings. The first-order chi connectivity index (χ1) is 15.1. The molecular weight excluding hydrogens is 476 g/mol. The molecule has 0 aromatic carbocycles. The zero-order chi connectivity index (χ0) is 23.0. The molecule has 0 spiro atoms. The average molecular weight is 505 g/mol. The second kappa shape index (κ2) is 8.73. The molecule has 1 saturated carbocycles. The molecule has 10 heteroatoms. The van der Waals surface area contributed by atoms with Crippen LogP contribution in [0.2, 0.25) is 0 Å². The average Bonchev–Trinajstić information content (AvgIpc) is 3.30. The van der Waals surface area contributed by atoms with Gasteiger partial charge in [-0.1, -0.05) is 12.8 Å². The molecule has 2 amide bonds. The van der Waals surface area contributed by atoms with Crippen LogP contribution in [0.1, 0.15) is 62.4 Å². The normalized spacial score (nSPS) is 20.5. The maximum Gasteiger partial charge on any atom is 0.407 e. The lowest BCUT2D eigenvalue weighted by molar-refractivity contribution is 0.0488. The van der Waals surface area contributed by atoms with Crippen LogP contribution in [0.3, 0.4) is 0 Å². The van der Waals surface area contributed by atoms with Crippen LogP contribution in [0.5, 0.6) is 0 Å². The molecule has 2 atom stereocenters. The van der Waals surface area contributed by atoms with Crippen LogP contribution in [0, 0.1) is 0 Å². The number of hydrogen-bond acceptors (Lipinski definition) is 6. The van der Waals surface area contributed by atoms with Gasteiger partial charge in [0.05, 0.1) is 28.0 Å². The van der Waals surface area contributed by atoms with Crippen molar-refractivity contribution in [2.45, 2.75) is 70.7 Å². The highest BCUT2D eigenvalue weighted by Crippen LogP contribution is 2.37. The molecule has 1 aliphatic carbocycles. The summed E-state index contributed by atoms with van der Waals surface area (Å²) in [6.07, 6.45) is 6.99. The van der Waals surface area contributed by atoms with E-state index in [9.17, 15) is 9.59 Å². The van der Waals surface area contributed by atoms with Crippen molar-refractivity contribution in [3.05, 3.63) is 28.0 Å². The predicted molar refractivity (Wildman–Crippen MR) is 124 cm³/mol. The molecule has 1 aliphatic heterocycles. The smallest absolute Gasteiger partial charge is 0.407 e. The number of nitrogens with one attached hydrogen (secondary N) is 3. The molecule has 0 unspecified atom stereocenters. The first kappa shape index (κ1) is 22.6. The van der Waals surface area contributed by atoms with Crippen LogP contribution in [0.15, 0.2) is 16.9 Å². The molecule has 9 nitrogen and oxygen atoms in total. The van der Waals surface area contributed by atoms with Crippen LogP contribution in [0.4, 0.5) is 10.6 Å². The monoisotopic (exact) mass is 504 g/mol. The van der Waals surface area contributed by atoms with Crippen LogP contribution in [0.25, 0.3) is 11.3 Å². The summed E-state index contributed by atoms with van der Waals surface area (Å²) in [7, 11) is 1.83. The summed E-state index contributed by atoms with van der Waals surface area (Å²) in [5.41, 5.74) is 2.27. The zero-order valence-corrected chi connectivity index (χ0v) is 20.4. The standard InChI is InChI=1S/C22H29BrN6O3/c1-22(2,3)32-21(31)27-15-8-6-5-7-14(15)26-19-17(23)13-10-24-20(30)16(13)18(28-19)12-9-25-29(4)11-12/h9,11,14-15H,5-8,10H2,1-4H3,(H,24,30)(H,26,28)(H,27,31)/t14-,15+/m1/s1. The summed E-state index contributed by atoms with van der Waals surface area (Å²) in [6, 6.07) is -0.0907. The molecule has 32 heavy (non-hydrogen) atoms. The van der Waals surface area contributed by atoms with E-state index in [1.807, 2.05) is 34.0 Å². The lowest BCUT2D eigenvalue weighted by atomic mass is 9.90. The highest BCUT2D eigenvalue weighted by molar-refractivity contribution is 9.10. The zero-order valence-electron chi connectivity index (χ0n) is 18.8. The van der Waals surface area contributed by atoms with Crippen molar-refractivity contribution in [1.82, 2.24) is 25.4 Å². The molecule has 2 aliphatic rings. The Morgan fingerprint density at radius 2 is 2.00 bits per heavy atom. The quantitative estimate of drug-likeness (QED) is 0.584. The molecule has 0 bridgehead atoms. The van der Waals surface area contributed by atoms with Crippen molar-refractivity contribution < 1.29 is 14.3 Å². The van der Waals surface area contributed by atoms with E-state index in [-0.39, 0.29) is 18.0 Å². The fourth-order valence-corrected chi connectivity index (χ4v) is 4.78. The minimum absolute atomic E-state index is 0.00932. The van der Waals surface area contributed by atoms with Gasteiger partial charge in [-0.05, 0) is 49.5 Å². The molecule has 2 aromatic rings. The Balaban J connectivity index is 1.63. The van der Waals surface area contributed by atoms with Gasteiger partial charge in [0.25, 0.3) is 5.91 Å². The Bertz CT molecular complexity index is 1050. The second-order valence-electron chi connectivity index (χ2n) is 9.35. The van der Waals surface area contributed by atoms with E-state index in [1.54, 1.807) is 10.9 Å². The van der Waals surface area contributed by atoms with Gasteiger partial charge in [0.2, 0.25) is 0 Å². The number of amides is 2. The van der Waals surface area contributed by atoms with Crippen LogP contribution in [-0.2, 0) is 18.3 Å². The van der Waals surface area contributed by atoms with E-state index in [0.717, 1.165) is 41.3 Å². The lowest BCUT2D eigenvalue weighted by Crippen LogP contribution is -2.50. The molecular formula is C22H29BrN6O3. The number of alkyl carbamates (subject to hydrolysis) is 1. The fourth-order valence-electron chi connectivity index (χ4n) is 4.24. The molecule has 3 heterocycles. The highest BCUT2D eigenvalue weighted by Gasteiger charge is 2.33. The van der Waals surface area contributed by atoms with E-state index in [4.69, 9.17) is 9.72 Å². The van der Waals surface area contributed by atoms with Crippen molar-refractivity contribution in [2.75, 3.05) is 5.32 Å². The summed E-state index contributed by atoms with van der Waals surface area (Å²) in [4.78, 5) is 29.7. The molecule has 4 rings (SSSR count). The van der Waals surface area contributed by atoms with Gasteiger partial charge in [0.15, 0.2) is 0 Å². The molecule has 0 radical (unpaired) electrons. The fraction of sp³-hybridized carbons (Fsp3) is 0.545. The summed E-state index contributed by atoms with van der Waals surface area (Å²) >= 11 is 3.66. The topological polar surface area (TPSA) is 110 Å². The van der Waals surface area contributed by atoms with Gasteiger partial charge in [-0.25, -0.2) is 9.78 Å². The number of carbonyl (C=O) groups is 2. The van der Waals surface area contributed by atoms with Crippen molar-refractivity contribution in [3.8, 4) is 11.3 Å². The van der Waals surface area contributed by atoms with E-state index in [1.165, 1.54) is 0 Å². The number of hydrogen-bond donors (Lipinski definition) is 3. The largest absolute Gasteiger partial charge is 0.444 e. The van der Waals surface area contributed by atoms with Gasteiger partial charge in [0, 0.05) is 37.0 Å². The molecule has 3 N–H and O–H groups in total. The van der Waals surface area contributed by atoms with Gasteiger partial charge in [0.1, 0.15) is 11.4 Å². The minimum atomic E-state index is -0.551. The highest BCUT2D eigenvalue weighted by atomic mass is 79.9. The Morgan fingerprint density at radius 3 is 2.66 bits per heavy atom. The Kier molecular flexibility index (Phi) is 6.15. The first-order valence-corrected chi connectivity index (χ1v) is 11.7. The number of halogens is 1. The van der Waals surface area contributed by atoms with Gasteiger partial charge < -0.3 is 20.7 Å². The Morgan fingerprint density at radius 1 is 1.28 bits per heavy atom. The lowest BCUT2D eigenvalue weighted by Gasteiger charge is -2.34. The Hall–Kier alpha value is -2.62. The van der Waals surface area contributed by atoms with Crippen LogP contribution in [-0.4, -0.2) is 44.4 Å². The van der Waals surface area contributed by atoms with E-state index >= 15 is 0 Å². The summed E-state index contributed by atoms with van der Waals surface area (Å²) in [6.45, 7) is 5.99. The number of fused-ring (bicyclic) bond motifs is 1. The molecule has 172 valence electrons. The maximum absolute atomic E-state index is 12.5. The van der Waals surface area contributed by atoms with Crippen molar-refractivity contribution >= 4 is 33.7 Å². The molecule has 0 saturated heterocycles. The van der Waals surface area contributed by atoms with Crippen LogP contribution < -0.4 is 16.0 Å². The maximum atomic E-state index is 12.5. The summed E-state index contributed by atoms with van der Waals surface area (Å²) in [5.74, 6) is 0.516. The van der Waals surface area contributed by atoms with Gasteiger partial charge in [-0.3, -0.25) is 9.48 Å². The van der Waals surface area contributed by atoms with E-state index in [0.29, 0.717) is 23.6 Å². The summed E-state index contributed by atoms with van der Waals surface area (Å²) < 4.78 is 7.91. The minimum Gasteiger partial charge on any atom is -0.444 e. The third kappa shape index (κ3) is 4.74. The van der Waals surface area contributed by atoms with Crippen molar-refractivity contribution in [3.63, 3.8) is 0 Å². The second-order valence-corrected chi connectivity index (χ2v) is 10.1. The van der Waals surface area contributed by atoms with E-state index < -0.39 is 11.7 Å². The number of anilines is 1. The number of rotatable bonds is 4. The van der Waals surface area contributed by atoms with Crippen molar-refractivity contribution in [2.24, 2.45) is 7.05 Å². The number of aryl methyl sites for hydroxylation is 1. The number of carbonyl (C=O) groups excluding carboxylic acids is 2. The van der Waals surface area contributed by atoms with Gasteiger partial charge in [-0.2, -0.15) is 5.10 Å². The first-order valence-electron chi connectivity index (χ1n) is 10.9. The Labute approximate surface area is 195 Å². The SMILES string of the molecule is Cn1cc(-c2nc(N[C@@H]3CCCC[C@@H]3NC(=O)OC(C)(C)C)c(Br)c3c2C(=O)NC3)cn1. The number of pyridine rings is 1. The van der Waals surface area contributed by atoms with Gasteiger partial charge >= 0.3 is 6.09 Å². The van der Waals surface area contributed by atoms with Crippen molar-refractivity contribution in [1.29, 1.82) is 0 Å². The third-order valence-corrected chi connectivity index (χ3v) is 6.51. The number of aromatic nitrogens is 3. The molecule has 2 aromatic heterocycles. The third-order valence-electron chi connectivity index (χ3n) is 5.66. The van der Waals surface area contributed by atoms with E-state index in [2.05, 4.69) is 37.0 Å². The predicted octanol–water partition coefficient (Wildman–Crippen LogP) is 3.74. The summed E-state index contributed by atoms with van der Waals surface area (Å²) in [5, 5.41) is 13.7. The van der Waals surface area contributed by atoms with Crippen LogP contribution >= 0.6 is 15.9 Å².